The van der Waals surface area contributed by atoms with Crippen molar-refractivity contribution in [2.45, 2.75) is 25.3 Å². The molecular weight excluding hydrogens is 368 g/mol. The number of hydrogen-bond donors (Lipinski definition) is 1. The molecule has 1 unspecified atom stereocenters. The van der Waals surface area contributed by atoms with Gasteiger partial charge in [-0.25, -0.2) is 4.79 Å². The van der Waals surface area contributed by atoms with E-state index in [0.717, 1.165) is 0 Å². The standard InChI is InChI=1S/C23H26N2O4/c1-16-14-25(13-12-24(16)11-10-22(26)27)23(28)29-15-21-19-8-4-2-6-17(19)18-7-3-5-9-20(18)21/h2-9,16,21H,10-15H2,1H3,(H,26,27). The Morgan fingerprint density at radius 2 is 1.66 bits per heavy atom. The zero-order valence-electron chi connectivity index (χ0n) is 16.6. The van der Waals surface area contributed by atoms with E-state index < -0.39 is 5.97 Å². The van der Waals surface area contributed by atoms with E-state index in [1.807, 2.05) is 31.2 Å². The molecule has 6 heteroatoms. The van der Waals surface area contributed by atoms with Gasteiger partial charge in [0, 0.05) is 38.1 Å². The Bertz CT molecular complexity index is 868. The van der Waals surface area contributed by atoms with Crippen LogP contribution in [0.25, 0.3) is 11.1 Å². The highest BCUT2D eigenvalue weighted by atomic mass is 16.6. The number of ether oxygens (including phenoxy) is 1. The molecule has 1 atom stereocenters. The second kappa shape index (κ2) is 8.25. The molecule has 2 aromatic carbocycles. The molecule has 1 heterocycles. The lowest BCUT2D eigenvalue weighted by Crippen LogP contribution is -2.54. The van der Waals surface area contributed by atoms with E-state index in [1.54, 1.807) is 4.90 Å². The fourth-order valence-corrected chi connectivity index (χ4v) is 4.42. The lowest BCUT2D eigenvalue weighted by molar-refractivity contribution is -0.137. The van der Waals surface area contributed by atoms with Crippen LogP contribution in [0.1, 0.15) is 30.4 Å². The molecule has 4 rings (SSSR count). The molecule has 0 saturated carbocycles. The van der Waals surface area contributed by atoms with Gasteiger partial charge >= 0.3 is 12.1 Å². The van der Waals surface area contributed by atoms with Gasteiger partial charge in [-0.15, -0.1) is 0 Å². The van der Waals surface area contributed by atoms with E-state index in [1.165, 1.54) is 22.3 Å². The maximum atomic E-state index is 12.7. The van der Waals surface area contributed by atoms with E-state index in [9.17, 15) is 9.59 Å². The number of piperazine rings is 1. The maximum Gasteiger partial charge on any atom is 0.409 e. The molecule has 1 aliphatic heterocycles. The molecule has 29 heavy (non-hydrogen) atoms. The SMILES string of the molecule is CC1CN(C(=O)OCC2c3ccccc3-c3ccccc32)CCN1CCC(=O)O. The Morgan fingerprint density at radius 1 is 1.03 bits per heavy atom. The van der Waals surface area contributed by atoms with Gasteiger partial charge in [-0.2, -0.15) is 0 Å². The number of fused-ring (bicyclic) bond motifs is 3. The largest absolute Gasteiger partial charge is 0.481 e. The molecule has 1 amide bonds. The van der Waals surface area contributed by atoms with Gasteiger partial charge in [0.05, 0.1) is 6.42 Å². The number of benzene rings is 2. The molecule has 1 saturated heterocycles. The fourth-order valence-electron chi connectivity index (χ4n) is 4.42. The quantitative estimate of drug-likeness (QED) is 0.842. The minimum Gasteiger partial charge on any atom is -0.481 e. The number of rotatable bonds is 5. The van der Waals surface area contributed by atoms with Gasteiger partial charge in [0.15, 0.2) is 0 Å². The highest BCUT2D eigenvalue weighted by molar-refractivity contribution is 5.79. The number of amides is 1. The Morgan fingerprint density at radius 3 is 2.24 bits per heavy atom. The molecular formula is C23H26N2O4. The summed E-state index contributed by atoms with van der Waals surface area (Å²) in [5.41, 5.74) is 4.83. The summed E-state index contributed by atoms with van der Waals surface area (Å²) in [6, 6.07) is 16.7. The van der Waals surface area contributed by atoms with E-state index in [0.29, 0.717) is 32.8 Å². The minimum absolute atomic E-state index is 0.0561. The average molecular weight is 394 g/mol. The van der Waals surface area contributed by atoms with E-state index in [-0.39, 0.29) is 24.5 Å². The van der Waals surface area contributed by atoms with Crippen molar-refractivity contribution in [3.63, 3.8) is 0 Å². The van der Waals surface area contributed by atoms with Gasteiger partial charge in [-0.1, -0.05) is 48.5 Å². The zero-order chi connectivity index (χ0) is 20.4. The van der Waals surface area contributed by atoms with Crippen LogP contribution in [0.4, 0.5) is 4.79 Å². The number of aliphatic carboxylic acids is 1. The number of carboxylic acid groups (broad SMARTS) is 1. The van der Waals surface area contributed by atoms with Crippen LogP contribution < -0.4 is 0 Å². The van der Waals surface area contributed by atoms with Crippen LogP contribution in [0.5, 0.6) is 0 Å². The molecule has 0 bridgehead atoms. The summed E-state index contributed by atoms with van der Waals surface area (Å²) in [6.07, 6.45) is -0.174. The first-order valence-electron chi connectivity index (χ1n) is 10.1. The van der Waals surface area contributed by atoms with Gasteiger partial charge < -0.3 is 14.7 Å². The Hall–Kier alpha value is -2.86. The Balaban J connectivity index is 1.38. The van der Waals surface area contributed by atoms with E-state index in [4.69, 9.17) is 9.84 Å². The van der Waals surface area contributed by atoms with E-state index >= 15 is 0 Å². The van der Waals surface area contributed by atoms with Crippen molar-refractivity contribution in [1.29, 1.82) is 0 Å². The molecule has 6 nitrogen and oxygen atoms in total. The third-order valence-corrected chi connectivity index (χ3v) is 5.97. The molecule has 0 spiro atoms. The monoisotopic (exact) mass is 394 g/mol. The Kier molecular flexibility index (Phi) is 5.53. The predicted octanol–water partition coefficient (Wildman–Crippen LogP) is 3.42. The van der Waals surface area contributed by atoms with Crippen molar-refractivity contribution in [3.8, 4) is 11.1 Å². The lowest BCUT2D eigenvalue weighted by atomic mass is 9.98. The number of hydrogen-bond acceptors (Lipinski definition) is 4. The highest BCUT2D eigenvalue weighted by Crippen LogP contribution is 2.44. The summed E-state index contributed by atoms with van der Waals surface area (Å²) in [4.78, 5) is 27.3. The normalized spacial score (nSPS) is 18.9. The van der Waals surface area contributed by atoms with Crippen LogP contribution in [-0.4, -0.2) is 65.8 Å². The highest BCUT2D eigenvalue weighted by Gasteiger charge is 2.31. The summed E-state index contributed by atoms with van der Waals surface area (Å²) in [5.74, 6) is -0.739. The van der Waals surface area contributed by atoms with Gasteiger partial charge in [-0.3, -0.25) is 9.69 Å². The third-order valence-electron chi connectivity index (χ3n) is 5.97. The zero-order valence-corrected chi connectivity index (χ0v) is 16.6. The molecule has 2 aliphatic rings. The van der Waals surface area contributed by atoms with Crippen LogP contribution in [0.15, 0.2) is 48.5 Å². The predicted molar refractivity (Wildman–Crippen MR) is 110 cm³/mol. The third kappa shape index (κ3) is 3.98. The fraction of sp³-hybridized carbons (Fsp3) is 0.391. The smallest absolute Gasteiger partial charge is 0.409 e. The van der Waals surface area contributed by atoms with Crippen molar-refractivity contribution < 1.29 is 19.4 Å². The first-order chi connectivity index (χ1) is 14.0. The van der Waals surface area contributed by atoms with Gasteiger partial charge in [0.1, 0.15) is 6.61 Å². The lowest BCUT2D eigenvalue weighted by Gasteiger charge is -2.39. The number of carbonyl (C=O) groups is 2. The summed E-state index contributed by atoms with van der Waals surface area (Å²) >= 11 is 0. The number of nitrogens with zero attached hydrogens (tertiary/aromatic N) is 2. The van der Waals surface area contributed by atoms with Crippen molar-refractivity contribution in [3.05, 3.63) is 59.7 Å². The van der Waals surface area contributed by atoms with Crippen molar-refractivity contribution >= 4 is 12.1 Å². The average Bonchev–Trinajstić information content (AvgIpc) is 3.05. The van der Waals surface area contributed by atoms with Gasteiger partial charge in [0.2, 0.25) is 0 Å². The van der Waals surface area contributed by atoms with Gasteiger partial charge in [-0.05, 0) is 29.2 Å². The van der Waals surface area contributed by atoms with Crippen LogP contribution in [0.2, 0.25) is 0 Å². The van der Waals surface area contributed by atoms with Crippen LogP contribution in [0, 0.1) is 0 Å². The van der Waals surface area contributed by atoms with Crippen molar-refractivity contribution in [1.82, 2.24) is 9.80 Å². The molecule has 0 radical (unpaired) electrons. The van der Waals surface area contributed by atoms with Crippen LogP contribution in [0.3, 0.4) is 0 Å². The first-order valence-corrected chi connectivity index (χ1v) is 10.1. The number of carbonyl (C=O) groups excluding carboxylic acids is 1. The summed E-state index contributed by atoms with van der Waals surface area (Å²) in [5, 5.41) is 8.87. The summed E-state index contributed by atoms with van der Waals surface area (Å²) in [7, 11) is 0. The minimum atomic E-state index is -0.795. The first kappa shape index (κ1) is 19.5. The molecule has 0 aromatic heterocycles. The summed E-state index contributed by atoms with van der Waals surface area (Å²) < 4.78 is 5.74. The molecule has 1 aliphatic carbocycles. The second-order valence-electron chi connectivity index (χ2n) is 7.78. The summed E-state index contributed by atoms with van der Waals surface area (Å²) in [6.45, 7) is 4.62. The van der Waals surface area contributed by atoms with Crippen LogP contribution in [-0.2, 0) is 9.53 Å². The topological polar surface area (TPSA) is 70.1 Å². The van der Waals surface area contributed by atoms with Crippen LogP contribution >= 0.6 is 0 Å². The Labute approximate surface area is 170 Å². The van der Waals surface area contributed by atoms with E-state index in [2.05, 4.69) is 29.2 Å². The van der Waals surface area contributed by atoms with Crippen molar-refractivity contribution in [2.75, 3.05) is 32.8 Å². The second-order valence-corrected chi connectivity index (χ2v) is 7.78. The molecule has 1 N–H and O–H groups in total. The molecule has 1 fully saturated rings. The molecule has 2 aromatic rings. The maximum absolute atomic E-state index is 12.7. The van der Waals surface area contributed by atoms with Gasteiger partial charge in [0.25, 0.3) is 0 Å². The molecule has 152 valence electrons. The number of carboxylic acids is 1. The van der Waals surface area contributed by atoms with Crippen molar-refractivity contribution in [2.24, 2.45) is 0 Å².